The van der Waals surface area contributed by atoms with Crippen LogP contribution in [0.5, 0.6) is 0 Å². The lowest BCUT2D eigenvalue weighted by Gasteiger charge is -2.32. The average molecular weight is 285 g/mol. The summed E-state index contributed by atoms with van der Waals surface area (Å²) in [5.41, 5.74) is 6.76. The van der Waals surface area contributed by atoms with Gasteiger partial charge in [0.2, 0.25) is 0 Å². The fourth-order valence-corrected chi connectivity index (χ4v) is 2.14. The van der Waals surface area contributed by atoms with E-state index in [2.05, 4.69) is 21.2 Å². The van der Waals surface area contributed by atoms with Gasteiger partial charge in [0.15, 0.2) is 0 Å². The van der Waals surface area contributed by atoms with Gasteiger partial charge < -0.3 is 16.2 Å². The maximum atomic E-state index is 11.8. The summed E-state index contributed by atoms with van der Waals surface area (Å²) in [6.07, 6.45) is 0.992. The number of aliphatic hydroxyl groups is 1. The number of benzene rings is 1. The Morgan fingerprint density at radius 1 is 1.50 bits per heavy atom. The summed E-state index contributed by atoms with van der Waals surface area (Å²) < 4.78 is 0.618. The lowest BCUT2D eigenvalue weighted by atomic mass is 9.89. The highest BCUT2D eigenvalue weighted by Crippen LogP contribution is 2.25. The van der Waals surface area contributed by atoms with E-state index in [9.17, 15) is 4.79 Å². The van der Waals surface area contributed by atoms with E-state index < -0.39 is 0 Å². The molecule has 86 valence electrons. The number of anilines is 1. The molecule has 5 heteroatoms. The van der Waals surface area contributed by atoms with Crippen LogP contribution >= 0.6 is 15.9 Å². The molecule has 4 nitrogen and oxygen atoms in total. The van der Waals surface area contributed by atoms with Crippen LogP contribution in [0.1, 0.15) is 23.2 Å². The number of carbonyl (C=O) groups excluding carboxylic acids is 1. The van der Waals surface area contributed by atoms with Gasteiger partial charge in [-0.2, -0.15) is 0 Å². The molecule has 0 unspecified atom stereocenters. The van der Waals surface area contributed by atoms with Crippen LogP contribution in [-0.4, -0.2) is 23.2 Å². The number of nitrogens with one attached hydrogen (secondary N) is 1. The molecule has 1 aromatic carbocycles. The number of amides is 1. The number of nitrogen functional groups attached to an aromatic ring is 1. The minimum atomic E-state index is -0.269. The SMILES string of the molecule is Nc1cccc(C(=O)NC2CC(O)C2)c1Br. The Bertz CT molecular complexity index is 416. The van der Waals surface area contributed by atoms with Crippen molar-refractivity contribution in [1.82, 2.24) is 5.32 Å². The summed E-state index contributed by atoms with van der Waals surface area (Å²) in [5.74, 6) is -0.156. The fourth-order valence-electron chi connectivity index (χ4n) is 1.69. The monoisotopic (exact) mass is 284 g/mol. The standard InChI is InChI=1S/C11H13BrN2O2/c12-10-8(2-1-3-9(10)13)11(16)14-6-4-7(15)5-6/h1-3,6-7,15H,4-5,13H2,(H,14,16). The van der Waals surface area contributed by atoms with E-state index in [0.29, 0.717) is 28.6 Å². The quantitative estimate of drug-likeness (QED) is 0.717. The molecule has 0 spiro atoms. The van der Waals surface area contributed by atoms with Crippen molar-refractivity contribution in [2.24, 2.45) is 0 Å². The molecule has 2 rings (SSSR count). The molecule has 0 heterocycles. The largest absolute Gasteiger partial charge is 0.398 e. The number of rotatable bonds is 2. The summed E-state index contributed by atoms with van der Waals surface area (Å²) in [4.78, 5) is 11.8. The molecule has 0 radical (unpaired) electrons. The molecule has 4 N–H and O–H groups in total. The van der Waals surface area contributed by atoms with Gasteiger partial charge in [0.05, 0.1) is 16.1 Å². The third-order valence-corrected chi connectivity index (χ3v) is 3.61. The Hall–Kier alpha value is -1.07. The van der Waals surface area contributed by atoms with E-state index in [0.717, 1.165) is 0 Å². The molecule has 1 fully saturated rings. The number of halogens is 1. The van der Waals surface area contributed by atoms with Crippen molar-refractivity contribution in [3.63, 3.8) is 0 Å². The third kappa shape index (κ3) is 2.20. The van der Waals surface area contributed by atoms with Gasteiger partial charge in [-0.05, 0) is 40.9 Å². The maximum Gasteiger partial charge on any atom is 0.252 e. The van der Waals surface area contributed by atoms with Gasteiger partial charge in [-0.25, -0.2) is 0 Å². The zero-order chi connectivity index (χ0) is 11.7. The molecule has 1 aromatic rings. The number of carbonyl (C=O) groups is 1. The Kier molecular flexibility index (Phi) is 3.16. The minimum absolute atomic E-state index is 0.0795. The van der Waals surface area contributed by atoms with E-state index in [-0.39, 0.29) is 18.1 Å². The second-order valence-electron chi connectivity index (χ2n) is 4.00. The molecule has 0 saturated heterocycles. The van der Waals surface area contributed by atoms with Crippen molar-refractivity contribution in [3.8, 4) is 0 Å². The Labute approximate surface area is 102 Å². The minimum Gasteiger partial charge on any atom is -0.398 e. The number of nitrogens with two attached hydrogens (primary N) is 1. The number of aliphatic hydroxyl groups excluding tert-OH is 1. The Morgan fingerprint density at radius 3 is 2.81 bits per heavy atom. The van der Waals surface area contributed by atoms with E-state index in [1.54, 1.807) is 18.2 Å². The van der Waals surface area contributed by atoms with Crippen LogP contribution in [0.15, 0.2) is 22.7 Å². The van der Waals surface area contributed by atoms with Gasteiger partial charge in [0.25, 0.3) is 5.91 Å². The first-order valence-electron chi connectivity index (χ1n) is 5.11. The van der Waals surface area contributed by atoms with Crippen LogP contribution < -0.4 is 11.1 Å². The predicted molar refractivity (Wildman–Crippen MR) is 65.0 cm³/mol. The van der Waals surface area contributed by atoms with Crippen molar-refractivity contribution in [2.45, 2.75) is 25.0 Å². The highest BCUT2D eigenvalue weighted by molar-refractivity contribution is 9.10. The number of hydrogen-bond donors (Lipinski definition) is 3. The predicted octanol–water partition coefficient (Wildman–Crippen LogP) is 1.28. The summed E-state index contributed by atoms with van der Waals surface area (Å²) in [7, 11) is 0. The Morgan fingerprint density at radius 2 is 2.19 bits per heavy atom. The van der Waals surface area contributed by atoms with Gasteiger partial charge in [-0.1, -0.05) is 6.07 Å². The first-order valence-corrected chi connectivity index (χ1v) is 5.90. The van der Waals surface area contributed by atoms with E-state index in [4.69, 9.17) is 10.8 Å². The van der Waals surface area contributed by atoms with E-state index >= 15 is 0 Å². The lowest BCUT2D eigenvalue weighted by Crippen LogP contribution is -2.46. The molecule has 0 bridgehead atoms. The second-order valence-corrected chi connectivity index (χ2v) is 4.80. The third-order valence-electron chi connectivity index (χ3n) is 2.72. The summed E-state index contributed by atoms with van der Waals surface area (Å²) >= 11 is 3.29. The second kappa shape index (κ2) is 4.43. The van der Waals surface area contributed by atoms with Crippen molar-refractivity contribution < 1.29 is 9.90 Å². The molecule has 1 aliphatic rings. The lowest BCUT2D eigenvalue weighted by molar-refractivity contribution is 0.0562. The molecule has 1 aliphatic carbocycles. The van der Waals surface area contributed by atoms with Gasteiger partial charge in [0, 0.05) is 11.7 Å². The van der Waals surface area contributed by atoms with Crippen molar-refractivity contribution in [3.05, 3.63) is 28.2 Å². The van der Waals surface area contributed by atoms with Crippen LogP contribution in [0.2, 0.25) is 0 Å². The average Bonchev–Trinajstić information content (AvgIpc) is 2.19. The van der Waals surface area contributed by atoms with Crippen LogP contribution in [0.4, 0.5) is 5.69 Å². The Balaban J connectivity index is 2.06. The fraction of sp³-hybridized carbons (Fsp3) is 0.364. The molecule has 1 amide bonds. The van der Waals surface area contributed by atoms with Gasteiger partial charge >= 0.3 is 0 Å². The van der Waals surface area contributed by atoms with E-state index in [1.807, 2.05) is 0 Å². The van der Waals surface area contributed by atoms with Crippen molar-refractivity contribution >= 4 is 27.5 Å². The van der Waals surface area contributed by atoms with Gasteiger partial charge in [-0.3, -0.25) is 4.79 Å². The molecule has 0 aromatic heterocycles. The first-order chi connectivity index (χ1) is 7.58. The summed E-state index contributed by atoms with van der Waals surface area (Å²) in [5, 5.41) is 12.0. The molecule has 16 heavy (non-hydrogen) atoms. The van der Waals surface area contributed by atoms with Gasteiger partial charge in [-0.15, -0.1) is 0 Å². The zero-order valence-electron chi connectivity index (χ0n) is 8.61. The van der Waals surface area contributed by atoms with Crippen LogP contribution in [0, 0.1) is 0 Å². The number of hydrogen-bond acceptors (Lipinski definition) is 3. The van der Waals surface area contributed by atoms with Crippen molar-refractivity contribution in [2.75, 3.05) is 5.73 Å². The molecular weight excluding hydrogens is 272 g/mol. The molecular formula is C11H13BrN2O2. The normalized spacial score (nSPS) is 23.6. The molecule has 0 aliphatic heterocycles. The smallest absolute Gasteiger partial charge is 0.252 e. The van der Waals surface area contributed by atoms with Crippen molar-refractivity contribution in [1.29, 1.82) is 0 Å². The topological polar surface area (TPSA) is 75.4 Å². The highest BCUT2D eigenvalue weighted by atomic mass is 79.9. The van der Waals surface area contributed by atoms with Crippen LogP contribution in [0.25, 0.3) is 0 Å². The maximum absolute atomic E-state index is 11.8. The summed E-state index contributed by atoms with van der Waals surface area (Å²) in [6, 6.07) is 5.26. The van der Waals surface area contributed by atoms with Crippen LogP contribution in [0.3, 0.4) is 0 Å². The van der Waals surface area contributed by atoms with Gasteiger partial charge in [0.1, 0.15) is 0 Å². The van der Waals surface area contributed by atoms with Crippen LogP contribution in [-0.2, 0) is 0 Å². The first kappa shape index (κ1) is 11.4. The summed E-state index contributed by atoms with van der Waals surface area (Å²) in [6.45, 7) is 0. The molecule has 0 atom stereocenters. The van der Waals surface area contributed by atoms with E-state index in [1.165, 1.54) is 0 Å². The molecule has 1 saturated carbocycles. The zero-order valence-corrected chi connectivity index (χ0v) is 10.2. The highest BCUT2D eigenvalue weighted by Gasteiger charge is 2.29.